The second-order valence-corrected chi connectivity index (χ2v) is 6.76. The number of imidazole rings is 1. The lowest BCUT2D eigenvalue weighted by Gasteiger charge is -2.09. The highest BCUT2D eigenvalue weighted by atomic mass is 19.4. The maximum atomic E-state index is 14.0. The van der Waals surface area contributed by atoms with E-state index in [1.807, 2.05) is 0 Å². The summed E-state index contributed by atoms with van der Waals surface area (Å²) in [4.78, 5) is 17.0. The number of ether oxygens (including phenoxy) is 1. The zero-order valence-electron chi connectivity index (χ0n) is 16.0. The fourth-order valence-corrected chi connectivity index (χ4v) is 3.36. The molecule has 0 unspecified atom stereocenters. The molecule has 6 nitrogen and oxygen atoms in total. The van der Waals surface area contributed by atoms with Crippen molar-refractivity contribution in [3.63, 3.8) is 0 Å². The summed E-state index contributed by atoms with van der Waals surface area (Å²) in [6, 6.07) is 10.7. The van der Waals surface area contributed by atoms with Gasteiger partial charge in [0.05, 0.1) is 17.9 Å². The van der Waals surface area contributed by atoms with Gasteiger partial charge in [0.15, 0.2) is 0 Å². The molecule has 4 aromatic rings. The van der Waals surface area contributed by atoms with Crippen LogP contribution in [0.4, 0.5) is 17.6 Å². The molecule has 0 saturated heterocycles. The number of hydrogen-bond donors (Lipinski definition) is 1. The fourth-order valence-electron chi connectivity index (χ4n) is 3.36. The van der Waals surface area contributed by atoms with Crippen molar-refractivity contribution in [1.29, 1.82) is 0 Å². The van der Waals surface area contributed by atoms with Gasteiger partial charge in [0.25, 0.3) is 0 Å². The Morgan fingerprint density at radius 3 is 2.48 bits per heavy atom. The number of para-hydroxylation sites is 1. The van der Waals surface area contributed by atoms with Crippen molar-refractivity contribution in [3.8, 4) is 17.3 Å². The summed E-state index contributed by atoms with van der Waals surface area (Å²) in [6.07, 6.45) is -3.41. The molecule has 1 N–H and O–H groups in total. The van der Waals surface area contributed by atoms with Crippen molar-refractivity contribution < 1.29 is 27.4 Å². The first-order valence-corrected chi connectivity index (χ1v) is 9.05. The van der Waals surface area contributed by atoms with Crippen molar-refractivity contribution in [1.82, 2.24) is 14.1 Å². The monoisotopic (exact) mass is 433 g/mol. The Labute approximate surface area is 172 Å². The summed E-state index contributed by atoms with van der Waals surface area (Å²) in [6.45, 7) is 1.56. The number of aromatic hydroxyl groups is 1. The van der Waals surface area contributed by atoms with Crippen LogP contribution in [0.25, 0.3) is 16.6 Å². The van der Waals surface area contributed by atoms with Gasteiger partial charge < -0.3 is 9.84 Å². The molecule has 4 rings (SSSR count). The molecule has 31 heavy (non-hydrogen) atoms. The van der Waals surface area contributed by atoms with Gasteiger partial charge in [-0.05, 0) is 48.9 Å². The predicted molar refractivity (Wildman–Crippen MR) is 104 cm³/mol. The van der Waals surface area contributed by atoms with Gasteiger partial charge in [-0.25, -0.2) is 13.8 Å². The Bertz CT molecular complexity index is 1320. The molecule has 0 atom stereocenters. The van der Waals surface area contributed by atoms with Crippen LogP contribution in [0.5, 0.6) is 11.6 Å². The average molecular weight is 433 g/mol. The molecule has 0 saturated carbocycles. The quantitative estimate of drug-likeness (QED) is 0.488. The Morgan fingerprint density at radius 2 is 1.81 bits per heavy atom. The van der Waals surface area contributed by atoms with Gasteiger partial charge in [0.1, 0.15) is 17.1 Å². The third kappa shape index (κ3) is 3.83. The van der Waals surface area contributed by atoms with Gasteiger partial charge in [-0.1, -0.05) is 12.1 Å². The van der Waals surface area contributed by atoms with E-state index >= 15 is 0 Å². The van der Waals surface area contributed by atoms with E-state index in [1.54, 1.807) is 12.1 Å². The number of aromatic nitrogens is 3. The zero-order valence-corrected chi connectivity index (χ0v) is 16.0. The first kappa shape index (κ1) is 20.5. The van der Waals surface area contributed by atoms with Gasteiger partial charge in [-0.2, -0.15) is 0 Å². The molecule has 0 bridgehead atoms. The maximum Gasteiger partial charge on any atom is 0.573 e. The molecule has 160 valence electrons. The van der Waals surface area contributed by atoms with E-state index in [0.29, 0.717) is 10.9 Å². The molecule has 2 aromatic carbocycles. The number of pyridine rings is 1. The van der Waals surface area contributed by atoms with Crippen LogP contribution in [-0.4, -0.2) is 25.6 Å². The maximum absolute atomic E-state index is 14.0. The molecule has 0 aliphatic rings. The molecule has 2 heterocycles. The Morgan fingerprint density at radius 1 is 1.10 bits per heavy atom. The standard InChI is InChI=1S/C21H15F4N3O3/c1-12-19(29)28(14-5-7-15(8-6-14)31-21(23,24)25)20(30)27(12)11-13-9-10-26-18-16(13)3-2-4-17(18)22/h2-10,29H,11H2,1H3. The van der Waals surface area contributed by atoms with Crippen LogP contribution in [0.1, 0.15) is 11.3 Å². The topological polar surface area (TPSA) is 69.3 Å². The van der Waals surface area contributed by atoms with Crippen LogP contribution in [0.15, 0.2) is 59.5 Å². The van der Waals surface area contributed by atoms with Gasteiger partial charge in [0, 0.05) is 11.6 Å². The van der Waals surface area contributed by atoms with E-state index in [0.717, 1.165) is 16.7 Å². The normalized spacial score (nSPS) is 11.8. The van der Waals surface area contributed by atoms with Gasteiger partial charge in [-0.3, -0.25) is 9.55 Å². The molecule has 0 spiro atoms. The highest BCUT2D eigenvalue weighted by molar-refractivity contribution is 5.82. The van der Waals surface area contributed by atoms with E-state index in [9.17, 15) is 27.5 Å². The number of rotatable bonds is 4. The summed E-state index contributed by atoms with van der Waals surface area (Å²) < 4.78 is 57.1. The number of nitrogens with zero attached hydrogens (tertiary/aromatic N) is 3. The van der Waals surface area contributed by atoms with E-state index in [2.05, 4.69) is 9.72 Å². The van der Waals surface area contributed by atoms with Crippen molar-refractivity contribution >= 4 is 10.9 Å². The summed E-state index contributed by atoms with van der Waals surface area (Å²) >= 11 is 0. The predicted octanol–water partition coefficient (Wildman–Crippen LogP) is 4.29. The van der Waals surface area contributed by atoms with Crippen LogP contribution >= 0.6 is 0 Å². The Balaban J connectivity index is 1.74. The molecule has 0 radical (unpaired) electrons. The van der Waals surface area contributed by atoms with E-state index < -0.39 is 23.6 Å². The Hall–Kier alpha value is -3.82. The van der Waals surface area contributed by atoms with Gasteiger partial charge in [-0.15, -0.1) is 13.2 Å². The summed E-state index contributed by atoms with van der Waals surface area (Å²) in [7, 11) is 0. The third-order valence-electron chi connectivity index (χ3n) is 4.83. The molecular weight excluding hydrogens is 418 g/mol. The number of fused-ring (bicyclic) bond motifs is 1. The largest absolute Gasteiger partial charge is 0.573 e. The number of hydrogen-bond acceptors (Lipinski definition) is 4. The van der Waals surface area contributed by atoms with Crippen LogP contribution in [-0.2, 0) is 6.54 Å². The number of benzene rings is 2. The minimum Gasteiger partial charge on any atom is -0.493 e. The number of alkyl halides is 3. The highest BCUT2D eigenvalue weighted by Crippen LogP contribution is 2.26. The second kappa shape index (κ2) is 7.46. The minimum absolute atomic E-state index is 0.0307. The summed E-state index contributed by atoms with van der Waals surface area (Å²) in [5, 5.41) is 11.0. The van der Waals surface area contributed by atoms with Gasteiger partial charge in [0.2, 0.25) is 5.88 Å². The minimum atomic E-state index is -4.84. The van der Waals surface area contributed by atoms with Crippen LogP contribution < -0.4 is 10.4 Å². The summed E-state index contributed by atoms with van der Waals surface area (Å²) in [5.74, 6) is -1.31. The molecule has 0 aliphatic carbocycles. The number of halogens is 4. The van der Waals surface area contributed by atoms with Crippen molar-refractivity contribution in [2.45, 2.75) is 19.8 Å². The van der Waals surface area contributed by atoms with E-state index in [-0.39, 0.29) is 29.3 Å². The van der Waals surface area contributed by atoms with E-state index in [1.165, 1.54) is 42.0 Å². The van der Waals surface area contributed by atoms with Crippen LogP contribution in [0.3, 0.4) is 0 Å². The molecule has 2 aromatic heterocycles. The lowest BCUT2D eigenvalue weighted by atomic mass is 10.1. The highest BCUT2D eigenvalue weighted by Gasteiger charge is 2.31. The van der Waals surface area contributed by atoms with Crippen LogP contribution in [0, 0.1) is 12.7 Å². The van der Waals surface area contributed by atoms with Gasteiger partial charge >= 0.3 is 12.1 Å². The lowest BCUT2D eigenvalue weighted by Crippen LogP contribution is -2.24. The first-order valence-electron chi connectivity index (χ1n) is 9.05. The Kier molecular flexibility index (Phi) is 4.92. The second-order valence-electron chi connectivity index (χ2n) is 6.76. The lowest BCUT2D eigenvalue weighted by molar-refractivity contribution is -0.274. The van der Waals surface area contributed by atoms with E-state index in [4.69, 9.17) is 0 Å². The van der Waals surface area contributed by atoms with Crippen molar-refractivity contribution in [3.05, 3.63) is 82.3 Å². The smallest absolute Gasteiger partial charge is 0.493 e. The summed E-state index contributed by atoms with van der Waals surface area (Å²) in [5.41, 5.74) is 0.558. The first-order chi connectivity index (χ1) is 14.7. The SMILES string of the molecule is Cc1c(O)n(-c2ccc(OC(F)(F)F)cc2)c(=O)n1Cc1ccnc2c(F)cccc12. The van der Waals surface area contributed by atoms with Crippen molar-refractivity contribution in [2.75, 3.05) is 0 Å². The molecule has 10 heteroatoms. The zero-order chi connectivity index (χ0) is 22.3. The van der Waals surface area contributed by atoms with Crippen LogP contribution in [0.2, 0.25) is 0 Å². The third-order valence-corrected chi connectivity index (χ3v) is 4.83. The molecular formula is C21H15F4N3O3. The fraction of sp³-hybridized carbons (Fsp3) is 0.143. The molecule has 0 aliphatic heterocycles. The van der Waals surface area contributed by atoms with Crippen molar-refractivity contribution in [2.24, 2.45) is 0 Å². The molecule has 0 fully saturated rings. The molecule has 0 amide bonds. The average Bonchev–Trinajstić information content (AvgIpc) is 2.92.